The fourth-order valence-corrected chi connectivity index (χ4v) is 4.22. The number of hydrogen-bond acceptors (Lipinski definition) is 6. The van der Waals surface area contributed by atoms with Crippen LogP contribution in [0.25, 0.3) is 32.1 Å². The van der Waals surface area contributed by atoms with Crippen LogP contribution in [-0.4, -0.2) is 12.1 Å². The van der Waals surface area contributed by atoms with Crippen molar-refractivity contribution < 1.29 is 4.74 Å². The molecule has 4 rings (SSSR count). The molecule has 4 aromatic rings. The van der Waals surface area contributed by atoms with Crippen molar-refractivity contribution >= 4 is 38.0 Å². The highest BCUT2D eigenvalue weighted by molar-refractivity contribution is 7.17. The van der Waals surface area contributed by atoms with E-state index in [4.69, 9.17) is 4.74 Å². The average Bonchev–Trinajstić information content (AvgIpc) is 3.23. The highest BCUT2D eigenvalue weighted by Crippen LogP contribution is 2.42. The third-order valence-corrected chi connectivity index (χ3v) is 5.84. The lowest BCUT2D eigenvalue weighted by atomic mass is 9.93. The summed E-state index contributed by atoms with van der Waals surface area (Å²) in [5, 5.41) is 15.9. The molecule has 0 aliphatic carbocycles. The number of nitroso groups, excluding NO2 is 1. The van der Waals surface area contributed by atoms with Crippen molar-refractivity contribution in [1.29, 1.82) is 5.26 Å². The summed E-state index contributed by atoms with van der Waals surface area (Å²) in [6, 6.07) is 13.0. The number of aromatic amines is 1. The zero-order valence-electron chi connectivity index (χ0n) is 15.1. The van der Waals surface area contributed by atoms with Gasteiger partial charge in [-0.25, -0.2) is 0 Å². The molecular formula is C21H15N3O3S. The van der Waals surface area contributed by atoms with E-state index in [0.29, 0.717) is 26.6 Å². The maximum Gasteiger partial charge on any atom is 0.266 e. The van der Waals surface area contributed by atoms with Gasteiger partial charge < -0.3 is 9.72 Å². The summed E-state index contributed by atoms with van der Waals surface area (Å²) < 4.78 is 5.89. The standard InChI is InChI=1S/C21H15N3O3S/c1-11(27-2)12-3-5-13(6-4-12)17-16(24-26)9-14(10-22)19-18(17)15-7-8-28-20(15)21(25)23-19/h3-9,11H,1-2H3,(H,23,25). The number of methoxy groups -OCH3 is 1. The molecule has 1 atom stereocenters. The fourth-order valence-electron chi connectivity index (χ4n) is 3.43. The molecule has 0 aliphatic heterocycles. The van der Waals surface area contributed by atoms with E-state index in [-0.39, 0.29) is 22.9 Å². The average molecular weight is 389 g/mol. The van der Waals surface area contributed by atoms with Crippen LogP contribution < -0.4 is 5.56 Å². The van der Waals surface area contributed by atoms with Crippen LogP contribution in [0, 0.1) is 16.2 Å². The topological polar surface area (TPSA) is 95.3 Å². The van der Waals surface area contributed by atoms with Gasteiger partial charge in [-0.2, -0.15) is 5.26 Å². The normalized spacial score (nSPS) is 12.2. The number of nitriles is 1. The van der Waals surface area contributed by atoms with Crippen LogP contribution in [-0.2, 0) is 4.74 Å². The third-order valence-electron chi connectivity index (χ3n) is 4.93. The first-order valence-electron chi connectivity index (χ1n) is 8.55. The minimum absolute atomic E-state index is 0.0599. The molecule has 1 unspecified atom stereocenters. The van der Waals surface area contributed by atoms with E-state index >= 15 is 0 Å². The lowest BCUT2D eigenvalue weighted by molar-refractivity contribution is 0.119. The van der Waals surface area contributed by atoms with Gasteiger partial charge in [-0.3, -0.25) is 4.79 Å². The van der Waals surface area contributed by atoms with Gasteiger partial charge in [0.1, 0.15) is 16.5 Å². The highest BCUT2D eigenvalue weighted by atomic mass is 32.1. The number of thiophene rings is 1. The predicted molar refractivity (Wildman–Crippen MR) is 111 cm³/mol. The number of ether oxygens (including phenoxy) is 1. The molecule has 138 valence electrons. The number of hydrogen-bond donors (Lipinski definition) is 1. The molecule has 28 heavy (non-hydrogen) atoms. The molecule has 0 aliphatic rings. The Bertz CT molecular complexity index is 1310. The summed E-state index contributed by atoms with van der Waals surface area (Å²) in [7, 11) is 1.64. The number of rotatable bonds is 4. The number of aromatic nitrogens is 1. The summed E-state index contributed by atoms with van der Waals surface area (Å²) in [6.45, 7) is 1.95. The number of H-pyrrole nitrogens is 1. The summed E-state index contributed by atoms with van der Waals surface area (Å²) in [5.41, 5.74) is 2.90. The van der Waals surface area contributed by atoms with Gasteiger partial charge in [0.05, 0.1) is 17.2 Å². The minimum atomic E-state index is -0.254. The first kappa shape index (κ1) is 18.0. The lowest BCUT2D eigenvalue weighted by Crippen LogP contribution is -2.06. The van der Waals surface area contributed by atoms with Gasteiger partial charge in [-0.05, 0) is 40.7 Å². The second kappa shape index (κ2) is 7.00. The first-order chi connectivity index (χ1) is 13.6. The van der Waals surface area contributed by atoms with Crippen molar-refractivity contribution in [2.75, 3.05) is 7.11 Å². The smallest absolute Gasteiger partial charge is 0.266 e. The zero-order valence-corrected chi connectivity index (χ0v) is 16.0. The van der Waals surface area contributed by atoms with Crippen LogP contribution in [0.5, 0.6) is 0 Å². The van der Waals surface area contributed by atoms with Gasteiger partial charge in [-0.15, -0.1) is 16.2 Å². The van der Waals surface area contributed by atoms with Gasteiger partial charge in [0.25, 0.3) is 5.56 Å². The number of nitrogens with zero attached hydrogens (tertiary/aromatic N) is 2. The Balaban J connectivity index is 2.13. The molecule has 2 heterocycles. The minimum Gasteiger partial charge on any atom is -0.377 e. The van der Waals surface area contributed by atoms with E-state index in [9.17, 15) is 15.0 Å². The summed E-state index contributed by atoms with van der Waals surface area (Å²) in [5.74, 6) is 0. The Morgan fingerprint density at radius 2 is 2.00 bits per heavy atom. The Hall–Kier alpha value is -3.34. The lowest BCUT2D eigenvalue weighted by Gasteiger charge is -2.14. The van der Waals surface area contributed by atoms with Crippen molar-refractivity contribution in [1.82, 2.24) is 4.98 Å². The van der Waals surface area contributed by atoms with Gasteiger partial charge in [0, 0.05) is 23.4 Å². The van der Waals surface area contributed by atoms with Crippen LogP contribution >= 0.6 is 11.3 Å². The summed E-state index contributed by atoms with van der Waals surface area (Å²) in [6.07, 6.45) is -0.0599. The SMILES string of the molecule is COC(C)c1ccc(-c2c(N=O)cc(C#N)c3[nH]c(=O)c4sccc4c23)cc1. The van der Waals surface area contributed by atoms with Crippen molar-refractivity contribution in [2.45, 2.75) is 13.0 Å². The molecule has 2 aromatic heterocycles. The monoisotopic (exact) mass is 389 g/mol. The third kappa shape index (κ3) is 2.71. The molecule has 1 N–H and O–H groups in total. The quantitative estimate of drug-likeness (QED) is 0.474. The second-order valence-corrected chi connectivity index (χ2v) is 7.30. The molecule has 0 saturated carbocycles. The molecule has 2 aromatic carbocycles. The predicted octanol–water partition coefficient (Wildman–Crippen LogP) is 5.39. The van der Waals surface area contributed by atoms with Crippen molar-refractivity contribution in [3.05, 3.63) is 68.2 Å². The fraction of sp³-hybridized carbons (Fsp3) is 0.143. The van der Waals surface area contributed by atoms with E-state index in [0.717, 1.165) is 11.1 Å². The zero-order chi connectivity index (χ0) is 19.8. The van der Waals surface area contributed by atoms with Crippen LogP contribution in [0.15, 0.2) is 51.7 Å². The first-order valence-corrected chi connectivity index (χ1v) is 9.43. The van der Waals surface area contributed by atoms with Crippen LogP contribution in [0.1, 0.15) is 24.2 Å². The van der Waals surface area contributed by atoms with Crippen molar-refractivity contribution in [2.24, 2.45) is 5.18 Å². The number of fused-ring (bicyclic) bond motifs is 3. The van der Waals surface area contributed by atoms with E-state index in [2.05, 4.69) is 16.2 Å². The number of pyridine rings is 1. The molecule has 0 fully saturated rings. The van der Waals surface area contributed by atoms with Gasteiger partial charge in [0.15, 0.2) is 0 Å². The van der Waals surface area contributed by atoms with Gasteiger partial charge in [-0.1, -0.05) is 24.3 Å². The van der Waals surface area contributed by atoms with E-state index in [1.54, 1.807) is 7.11 Å². The Morgan fingerprint density at radius 3 is 2.64 bits per heavy atom. The van der Waals surface area contributed by atoms with Crippen LogP contribution in [0.4, 0.5) is 5.69 Å². The molecule has 6 nitrogen and oxygen atoms in total. The van der Waals surface area contributed by atoms with E-state index in [1.807, 2.05) is 42.6 Å². The molecular weight excluding hydrogens is 374 g/mol. The molecule has 0 saturated heterocycles. The highest BCUT2D eigenvalue weighted by Gasteiger charge is 2.19. The summed E-state index contributed by atoms with van der Waals surface area (Å²) >= 11 is 1.32. The Morgan fingerprint density at radius 1 is 1.25 bits per heavy atom. The maximum absolute atomic E-state index is 12.4. The second-order valence-electron chi connectivity index (χ2n) is 6.39. The number of nitrogens with one attached hydrogen (secondary N) is 1. The van der Waals surface area contributed by atoms with Gasteiger partial charge in [0.2, 0.25) is 0 Å². The maximum atomic E-state index is 12.4. The Kier molecular flexibility index (Phi) is 4.51. The molecule has 7 heteroatoms. The molecule has 0 spiro atoms. The van der Waals surface area contributed by atoms with E-state index in [1.165, 1.54) is 17.4 Å². The van der Waals surface area contributed by atoms with Crippen LogP contribution in [0.2, 0.25) is 0 Å². The summed E-state index contributed by atoms with van der Waals surface area (Å²) in [4.78, 5) is 26.9. The van der Waals surface area contributed by atoms with Crippen molar-refractivity contribution in [3.63, 3.8) is 0 Å². The number of benzene rings is 2. The molecule has 0 radical (unpaired) electrons. The molecule has 0 amide bonds. The Labute approximate surface area is 164 Å². The van der Waals surface area contributed by atoms with Gasteiger partial charge >= 0.3 is 0 Å². The van der Waals surface area contributed by atoms with E-state index < -0.39 is 0 Å². The molecule has 0 bridgehead atoms. The van der Waals surface area contributed by atoms with Crippen LogP contribution in [0.3, 0.4) is 0 Å². The largest absolute Gasteiger partial charge is 0.377 e. The van der Waals surface area contributed by atoms with Crippen molar-refractivity contribution in [3.8, 4) is 17.2 Å².